The molecule has 21 heavy (non-hydrogen) atoms. The van der Waals surface area contributed by atoms with Crippen molar-refractivity contribution in [1.82, 2.24) is 10.6 Å². The van der Waals surface area contributed by atoms with E-state index in [1.165, 1.54) is 17.7 Å². The molecule has 0 aliphatic heterocycles. The van der Waals surface area contributed by atoms with Crippen LogP contribution in [0.25, 0.3) is 0 Å². The zero-order valence-corrected chi connectivity index (χ0v) is 13.9. The highest BCUT2D eigenvalue weighted by Gasteiger charge is 1.98. The van der Waals surface area contributed by atoms with Crippen molar-refractivity contribution in [3.05, 3.63) is 58.0 Å². The molecule has 0 fully saturated rings. The first-order chi connectivity index (χ1) is 10.2. The van der Waals surface area contributed by atoms with Crippen molar-refractivity contribution < 1.29 is 4.39 Å². The Balaban J connectivity index is 1.54. The SMILES string of the molecule is Fc1ccc(CNC(=S)NCCSCc2ccsc2)cc1. The van der Waals surface area contributed by atoms with Gasteiger partial charge in [-0.1, -0.05) is 12.1 Å². The maximum absolute atomic E-state index is 12.8. The second-order valence-electron chi connectivity index (χ2n) is 4.42. The summed E-state index contributed by atoms with van der Waals surface area (Å²) in [4.78, 5) is 0. The summed E-state index contributed by atoms with van der Waals surface area (Å²) in [5.74, 6) is 1.83. The molecule has 0 spiro atoms. The van der Waals surface area contributed by atoms with Gasteiger partial charge in [-0.2, -0.15) is 23.1 Å². The molecule has 0 saturated carbocycles. The van der Waals surface area contributed by atoms with Crippen molar-refractivity contribution in [2.24, 2.45) is 0 Å². The molecule has 0 unspecified atom stereocenters. The van der Waals surface area contributed by atoms with Gasteiger partial charge in [-0.25, -0.2) is 4.39 Å². The van der Waals surface area contributed by atoms with Crippen LogP contribution >= 0.6 is 35.3 Å². The van der Waals surface area contributed by atoms with Gasteiger partial charge >= 0.3 is 0 Å². The lowest BCUT2D eigenvalue weighted by molar-refractivity contribution is 0.626. The van der Waals surface area contributed by atoms with Crippen LogP contribution in [0.15, 0.2) is 41.1 Å². The number of thiophene rings is 1. The Kier molecular flexibility index (Phi) is 6.99. The molecule has 112 valence electrons. The second kappa shape index (κ2) is 9.02. The van der Waals surface area contributed by atoms with Crippen LogP contribution < -0.4 is 10.6 Å². The Morgan fingerprint density at radius 2 is 1.95 bits per heavy atom. The Hall–Kier alpha value is -1.11. The van der Waals surface area contributed by atoms with E-state index in [1.54, 1.807) is 23.5 Å². The van der Waals surface area contributed by atoms with Crippen molar-refractivity contribution in [1.29, 1.82) is 0 Å². The minimum Gasteiger partial charge on any atom is -0.362 e. The minimum absolute atomic E-state index is 0.220. The van der Waals surface area contributed by atoms with Gasteiger partial charge in [0.05, 0.1) is 0 Å². The van der Waals surface area contributed by atoms with Crippen molar-refractivity contribution in [3.8, 4) is 0 Å². The topological polar surface area (TPSA) is 24.1 Å². The summed E-state index contributed by atoms with van der Waals surface area (Å²) < 4.78 is 12.8. The van der Waals surface area contributed by atoms with Crippen molar-refractivity contribution in [3.63, 3.8) is 0 Å². The van der Waals surface area contributed by atoms with E-state index in [1.807, 2.05) is 11.8 Å². The fourth-order valence-electron chi connectivity index (χ4n) is 1.65. The van der Waals surface area contributed by atoms with E-state index in [-0.39, 0.29) is 5.82 Å². The lowest BCUT2D eigenvalue weighted by Gasteiger charge is -2.10. The fraction of sp³-hybridized carbons (Fsp3) is 0.267. The predicted molar refractivity (Wildman–Crippen MR) is 94.3 cm³/mol. The first-order valence-electron chi connectivity index (χ1n) is 6.59. The highest BCUT2D eigenvalue weighted by molar-refractivity contribution is 7.98. The van der Waals surface area contributed by atoms with Crippen LogP contribution in [0.2, 0.25) is 0 Å². The Bertz CT molecular complexity index is 541. The van der Waals surface area contributed by atoms with Crippen LogP contribution in [-0.4, -0.2) is 17.4 Å². The summed E-state index contributed by atoms with van der Waals surface area (Å²) in [5.41, 5.74) is 2.38. The van der Waals surface area contributed by atoms with E-state index < -0.39 is 0 Å². The highest BCUT2D eigenvalue weighted by Crippen LogP contribution is 2.14. The molecule has 1 aromatic heterocycles. The normalized spacial score (nSPS) is 10.3. The standard InChI is InChI=1S/C15H17FN2S3/c16-14-3-1-12(2-4-14)9-18-15(19)17-6-8-21-11-13-5-7-20-10-13/h1-5,7,10H,6,8-9,11H2,(H2,17,18,19). The van der Waals surface area contributed by atoms with Crippen LogP contribution in [-0.2, 0) is 12.3 Å². The highest BCUT2D eigenvalue weighted by atomic mass is 32.2. The molecule has 6 heteroatoms. The maximum atomic E-state index is 12.8. The van der Waals surface area contributed by atoms with Gasteiger partial charge in [0.15, 0.2) is 5.11 Å². The van der Waals surface area contributed by atoms with Crippen molar-refractivity contribution >= 4 is 40.4 Å². The molecule has 1 aromatic carbocycles. The van der Waals surface area contributed by atoms with Gasteiger partial charge in [0.25, 0.3) is 0 Å². The zero-order chi connectivity index (χ0) is 14.9. The Labute approximate surface area is 138 Å². The first kappa shape index (κ1) is 16.3. The third kappa shape index (κ3) is 6.46. The quantitative estimate of drug-likeness (QED) is 0.592. The van der Waals surface area contributed by atoms with Crippen LogP contribution in [0.1, 0.15) is 11.1 Å². The van der Waals surface area contributed by atoms with Gasteiger partial charge in [0.1, 0.15) is 5.82 Å². The molecular formula is C15H17FN2S3. The number of hydrogen-bond donors (Lipinski definition) is 2. The monoisotopic (exact) mass is 340 g/mol. The van der Waals surface area contributed by atoms with E-state index in [2.05, 4.69) is 27.5 Å². The molecule has 0 aliphatic carbocycles. The van der Waals surface area contributed by atoms with Crippen LogP contribution in [0.4, 0.5) is 4.39 Å². The number of thioether (sulfide) groups is 1. The number of thiocarbonyl (C=S) groups is 1. The van der Waals surface area contributed by atoms with Gasteiger partial charge in [-0.05, 0) is 52.3 Å². The number of benzene rings is 1. The largest absolute Gasteiger partial charge is 0.362 e. The Morgan fingerprint density at radius 1 is 1.14 bits per heavy atom. The predicted octanol–water partition coefficient (Wildman–Crippen LogP) is 3.78. The summed E-state index contributed by atoms with van der Waals surface area (Å²) in [5, 5.41) is 11.2. The molecule has 0 amide bonds. The van der Waals surface area contributed by atoms with Gasteiger partial charge in [0.2, 0.25) is 0 Å². The summed E-state index contributed by atoms with van der Waals surface area (Å²) in [6.45, 7) is 1.44. The number of halogens is 1. The molecular weight excluding hydrogens is 323 g/mol. The van der Waals surface area contributed by atoms with E-state index in [0.717, 1.165) is 23.6 Å². The van der Waals surface area contributed by atoms with Crippen molar-refractivity contribution in [2.45, 2.75) is 12.3 Å². The van der Waals surface area contributed by atoms with Gasteiger partial charge in [-0.3, -0.25) is 0 Å². The van der Waals surface area contributed by atoms with Crippen molar-refractivity contribution in [2.75, 3.05) is 12.3 Å². The van der Waals surface area contributed by atoms with Gasteiger partial charge < -0.3 is 10.6 Å². The molecule has 2 rings (SSSR count). The molecule has 2 nitrogen and oxygen atoms in total. The van der Waals surface area contributed by atoms with Crippen LogP contribution in [0.5, 0.6) is 0 Å². The fourth-order valence-corrected chi connectivity index (χ4v) is 3.40. The lowest BCUT2D eigenvalue weighted by Crippen LogP contribution is -2.36. The lowest BCUT2D eigenvalue weighted by atomic mass is 10.2. The molecule has 0 aliphatic rings. The average Bonchev–Trinajstić information content (AvgIpc) is 2.99. The van der Waals surface area contributed by atoms with E-state index >= 15 is 0 Å². The Morgan fingerprint density at radius 3 is 2.67 bits per heavy atom. The molecule has 0 bridgehead atoms. The smallest absolute Gasteiger partial charge is 0.166 e. The van der Waals surface area contributed by atoms with Gasteiger partial charge in [0, 0.05) is 24.6 Å². The third-order valence-electron chi connectivity index (χ3n) is 2.75. The second-order valence-corrected chi connectivity index (χ2v) is 6.71. The summed E-state index contributed by atoms with van der Waals surface area (Å²) in [6, 6.07) is 8.56. The van der Waals surface area contributed by atoms with E-state index in [0.29, 0.717) is 11.7 Å². The number of nitrogens with one attached hydrogen (secondary N) is 2. The molecule has 0 atom stereocenters. The molecule has 2 N–H and O–H groups in total. The van der Waals surface area contributed by atoms with E-state index in [9.17, 15) is 4.39 Å². The molecule has 2 aromatic rings. The minimum atomic E-state index is -0.220. The third-order valence-corrected chi connectivity index (χ3v) is 4.80. The molecule has 0 radical (unpaired) electrons. The number of hydrogen-bond acceptors (Lipinski definition) is 3. The average molecular weight is 341 g/mol. The maximum Gasteiger partial charge on any atom is 0.166 e. The summed E-state index contributed by atoms with van der Waals surface area (Å²) in [7, 11) is 0. The summed E-state index contributed by atoms with van der Waals surface area (Å²) in [6.07, 6.45) is 0. The number of rotatable bonds is 7. The molecule has 0 saturated heterocycles. The zero-order valence-electron chi connectivity index (χ0n) is 11.5. The first-order valence-corrected chi connectivity index (χ1v) is 9.09. The summed E-state index contributed by atoms with van der Waals surface area (Å²) >= 11 is 8.82. The van der Waals surface area contributed by atoms with E-state index in [4.69, 9.17) is 12.2 Å². The van der Waals surface area contributed by atoms with Crippen LogP contribution in [0, 0.1) is 5.82 Å². The molecule has 1 heterocycles. The van der Waals surface area contributed by atoms with Gasteiger partial charge in [-0.15, -0.1) is 0 Å². The van der Waals surface area contributed by atoms with Crippen LogP contribution in [0.3, 0.4) is 0 Å².